The molecule has 0 spiro atoms. The van der Waals surface area contributed by atoms with Crippen LogP contribution in [0.15, 0.2) is 84.3 Å². The predicted octanol–water partition coefficient (Wildman–Crippen LogP) is 5.69. The summed E-state index contributed by atoms with van der Waals surface area (Å²) >= 11 is 6.31. The van der Waals surface area contributed by atoms with Crippen molar-refractivity contribution in [3.05, 3.63) is 112 Å². The number of anilines is 2. The largest absolute Gasteiger partial charge is 0.321 e. The Hall–Kier alpha value is -3.35. The molecule has 3 aromatic carbocycles. The Bertz CT molecular complexity index is 1380. The molecular weight excluding hydrogens is 456 g/mol. The van der Waals surface area contributed by atoms with E-state index >= 15 is 0 Å². The summed E-state index contributed by atoms with van der Waals surface area (Å²) in [5.74, 6) is -0.710. The molecule has 0 bridgehead atoms. The Kier molecular flexibility index (Phi) is 6.15. The number of rotatable bonds is 5. The Morgan fingerprint density at radius 3 is 2.33 bits per heavy atom. The lowest BCUT2D eigenvalue weighted by atomic mass is 9.95. The molecule has 0 fully saturated rings. The fourth-order valence-electron chi connectivity index (χ4n) is 4.09. The topological polar surface area (TPSA) is 66.5 Å². The smallest absolute Gasteiger partial charge is 0.270 e. The third-order valence-electron chi connectivity index (χ3n) is 5.31. The standard InChI is InChI=1S/C26H23ClN2O3S/c1-4-12-29-23-11-10-20(27)16-22(23)24(19-8-6-5-7-9-19)25(33(29,31)32)26(30)28-21-14-17(2)13-18(3)15-21/h4-11,13-16H,1,12H2,2-3H3,(H,28,30). The van der Waals surface area contributed by atoms with E-state index in [9.17, 15) is 13.2 Å². The number of hydrogen-bond donors (Lipinski definition) is 1. The molecule has 33 heavy (non-hydrogen) atoms. The van der Waals surface area contributed by atoms with Crippen molar-refractivity contribution < 1.29 is 13.2 Å². The molecule has 168 valence electrons. The van der Waals surface area contributed by atoms with Crippen LogP contribution in [0, 0.1) is 13.8 Å². The van der Waals surface area contributed by atoms with Crippen LogP contribution in [0.3, 0.4) is 0 Å². The van der Waals surface area contributed by atoms with Gasteiger partial charge < -0.3 is 5.32 Å². The van der Waals surface area contributed by atoms with E-state index in [0.717, 1.165) is 11.1 Å². The number of amides is 1. The molecule has 1 amide bonds. The first-order valence-electron chi connectivity index (χ1n) is 10.4. The summed E-state index contributed by atoms with van der Waals surface area (Å²) in [4.78, 5) is 13.3. The second-order valence-electron chi connectivity index (χ2n) is 7.89. The van der Waals surface area contributed by atoms with E-state index in [4.69, 9.17) is 11.6 Å². The van der Waals surface area contributed by atoms with Gasteiger partial charge in [0, 0.05) is 21.8 Å². The van der Waals surface area contributed by atoms with E-state index in [-0.39, 0.29) is 11.4 Å². The lowest BCUT2D eigenvalue weighted by Gasteiger charge is -2.33. The Labute approximate surface area is 199 Å². The van der Waals surface area contributed by atoms with Crippen LogP contribution < -0.4 is 9.62 Å². The first-order valence-corrected chi connectivity index (χ1v) is 12.2. The normalized spacial score (nSPS) is 14.6. The lowest BCUT2D eigenvalue weighted by Crippen LogP contribution is -2.39. The van der Waals surface area contributed by atoms with Crippen LogP contribution in [0.4, 0.5) is 11.4 Å². The molecule has 4 rings (SSSR count). The molecule has 0 aliphatic carbocycles. The van der Waals surface area contributed by atoms with Gasteiger partial charge >= 0.3 is 0 Å². The molecule has 0 atom stereocenters. The third kappa shape index (κ3) is 4.32. The van der Waals surface area contributed by atoms with Gasteiger partial charge in [-0.1, -0.05) is 54.1 Å². The van der Waals surface area contributed by atoms with E-state index in [0.29, 0.717) is 33.1 Å². The number of halogens is 1. The summed E-state index contributed by atoms with van der Waals surface area (Å²) in [5.41, 5.74) is 4.37. The van der Waals surface area contributed by atoms with Crippen molar-refractivity contribution in [2.75, 3.05) is 16.2 Å². The number of aryl methyl sites for hydroxylation is 2. The highest BCUT2D eigenvalue weighted by Crippen LogP contribution is 2.44. The zero-order valence-corrected chi connectivity index (χ0v) is 19.9. The highest BCUT2D eigenvalue weighted by Gasteiger charge is 2.41. The van der Waals surface area contributed by atoms with Gasteiger partial charge in [0.05, 0.1) is 12.2 Å². The fraction of sp³-hybridized carbons (Fsp3) is 0.115. The van der Waals surface area contributed by atoms with Crippen molar-refractivity contribution in [1.29, 1.82) is 0 Å². The monoisotopic (exact) mass is 478 g/mol. The molecule has 1 aliphatic heterocycles. The van der Waals surface area contributed by atoms with Crippen molar-refractivity contribution in [3.63, 3.8) is 0 Å². The Morgan fingerprint density at radius 1 is 1.03 bits per heavy atom. The molecule has 0 saturated heterocycles. The molecule has 1 aliphatic rings. The minimum atomic E-state index is -4.20. The van der Waals surface area contributed by atoms with E-state index in [1.54, 1.807) is 54.6 Å². The first-order chi connectivity index (χ1) is 15.7. The van der Waals surface area contributed by atoms with Gasteiger partial charge in [-0.25, -0.2) is 8.42 Å². The second kappa shape index (κ2) is 8.89. The molecule has 5 nitrogen and oxygen atoms in total. The SMILES string of the molecule is C=CCN1c2ccc(Cl)cc2C(c2ccccc2)=C(C(=O)Nc2cc(C)cc(C)c2)S1(=O)=O. The zero-order chi connectivity index (χ0) is 23.8. The number of hydrogen-bond acceptors (Lipinski definition) is 3. The van der Waals surface area contributed by atoms with E-state index in [1.165, 1.54) is 10.4 Å². The summed E-state index contributed by atoms with van der Waals surface area (Å²) in [6, 6.07) is 19.6. The number of carbonyl (C=O) groups excluding carboxylic acids is 1. The summed E-state index contributed by atoms with van der Waals surface area (Å²) in [6.45, 7) is 7.54. The van der Waals surface area contributed by atoms with Crippen LogP contribution in [0.1, 0.15) is 22.3 Å². The van der Waals surface area contributed by atoms with Gasteiger partial charge in [0.25, 0.3) is 15.9 Å². The second-order valence-corrected chi connectivity index (χ2v) is 10.1. The average molecular weight is 479 g/mol. The number of nitrogens with one attached hydrogen (secondary N) is 1. The van der Waals surface area contributed by atoms with Gasteiger partial charge in [-0.15, -0.1) is 6.58 Å². The average Bonchev–Trinajstić information content (AvgIpc) is 2.75. The van der Waals surface area contributed by atoms with Crippen LogP contribution >= 0.6 is 11.6 Å². The van der Waals surface area contributed by atoms with Crippen molar-refractivity contribution in [1.82, 2.24) is 0 Å². The molecular formula is C26H23ClN2O3S. The minimum Gasteiger partial charge on any atom is -0.321 e. The highest BCUT2D eigenvalue weighted by molar-refractivity contribution is 7.97. The number of fused-ring (bicyclic) bond motifs is 1. The van der Waals surface area contributed by atoms with E-state index in [2.05, 4.69) is 11.9 Å². The van der Waals surface area contributed by atoms with Crippen LogP contribution in [-0.4, -0.2) is 20.9 Å². The van der Waals surface area contributed by atoms with Gasteiger partial charge in [0.15, 0.2) is 4.91 Å². The number of benzene rings is 3. The van der Waals surface area contributed by atoms with Crippen LogP contribution in [0.5, 0.6) is 0 Å². The minimum absolute atomic E-state index is 0.0133. The van der Waals surface area contributed by atoms with Gasteiger partial charge in [-0.05, 0) is 60.9 Å². The number of nitrogens with zero attached hydrogens (tertiary/aromatic N) is 1. The zero-order valence-electron chi connectivity index (χ0n) is 18.3. The molecule has 1 heterocycles. The fourth-order valence-corrected chi connectivity index (χ4v) is 5.97. The van der Waals surface area contributed by atoms with Gasteiger partial charge in [-0.3, -0.25) is 9.10 Å². The van der Waals surface area contributed by atoms with Crippen LogP contribution in [0.2, 0.25) is 5.02 Å². The molecule has 1 N–H and O–H groups in total. The number of sulfonamides is 1. The molecule has 0 unspecified atom stereocenters. The van der Waals surface area contributed by atoms with Gasteiger partial charge in [0.2, 0.25) is 0 Å². The molecule has 0 aromatic heterocycles. The maximum Gasteiger partial charge on any atom is 0.270 e. The molecule has 3 aromatic rings. The van der Waals surface area contributed by atoms with Crippen LogP contribution in [0.25, 0.3) is 5.57 Å². The third-order valence-corrected chi connectivity index (χ3v) is 7.38. The predicted molar refractivity (Wildman–Crippen MR) is 135 cm³/mol. The van der Waals surface area contributed by atoms with Crippen molar-refractivity contribution >= 4 is 44.5 Å². The maximum absolute atomic E-state index is 13.8. The summed E-state index contributed by atoms with van der Waals surface area (Å²) in [5, 5.41) is 3.23. The summed E-state index contributed by atoms with van der Waals surface area (Å²) in [7, 11) is -4.20. The van der Waals surface area contributed by atoms with Crippen LogP contribution in [-0.2, 0) is 14.8 Å². The Morgan fingerprint density at radius 2 is 1.70 bits per heavy atom. The molecule has 0 radical (unpaired) electrons. The van der Waals surface area contributed by atoms with Crippen molar-refractivity contribution in [2.45, 2.75) is 13.8 Å². The summed E-state index contributed by atoms with van der Waals surface area (Å²) < 4.78 is 28.8. The van der Waals surface area contributed by atoms with Crippen molar-refractivity contribution in [2.24, 2.45) is 0 Å². The van der Waals surface area contributed by atoms with E-state index < -0.39 is 15.9 Å². The molecule has 7 heteroatoms. The number of carbonyl (C=O) groups is 1. The first kappa shape index (κ1) is 22.8. The van der Waals surface area contributed by atoms with Crippen molar-refractivity contribution in [3.8, 4) is 0 Å². The summed E-state index contributed by atoms with van der Waals surface area (Å²) in [6.07, 6.45) is 1.49. The quantitative estimate of drug-likeness (QED) is 0.479. The maximum atomic E-state index is 13.8. The van der Waals surface area contributed by atoms with E-state index in [1.807, 2.05) is 26.0 Å². The van der Waals surface area contributed by atoms with Gasteiger partial charge in [-0.2, -0.15) is 0 Å². The lowest BCUT2D eigenvalue weighted by molar-refractivity contribution is -0.112. The Balaban J connectivity index is 2.01. The molecule has 0 saturated carbocycles. The van der Waals surface area contributed by atoms with Gasteiger partial charge in [0.1, 0.15) is 0 Å². The highest BCUT2D eigenvalue weighted by atomic mass is 35.5.